The second-order valence-electron chi connectivity index (χ2n) is 6.17. The molecule has 5 nitrogen and oxygen atoms in total. The van der Waals surface area contributed by atoms with Crippen molar-refractivity contribution in [1.29, 1.82) is 0 Å². The van der Waals surface area contributed by atoms with Gasteiger partial charge in [0.25, 0.3) is 0 Å². The SMILES string of the molecule is CCN(CC(=O)Nc1cccc(OC)c1)C(=O)CSCc1ccc(C)cc1. The molecule has 0 aliphatic carbocycles. The molecule has 0 saturated carbocycles. The van der Waals surface area contributed by atoms with Crippen molar-refractivity contribution in [3.05, 3.63) is 59.7 Å². The smallest absolute Gasteiger partial charge is 0.243 e. The highest BCUT2D eigenvalue weighted by Crippen LogP contribution is 2.17. The fourth-order valence-corrected chi connectivity index (χ4v) is 3.37. The molecule has 0 aliphatic rings. The molecule has 0 atom stereocenters. The molecule has 27 heavy (non-hydrogen) atoms. The topological polar surface area (TPSA) is 58.6 Å². The third-order valence-electron chi connectivity index (χ3n) is 4.04. The van der Waals surface area contributed by atoms with Crippen LogP contribution < -0.4 is 10.1 Å². The Bertz CT molecular complexity index is 762. The molecular formula is C21H26N2O3S. The van der Waals surface area contributed by atoms with Crippen LogP contribution in [0.1, 0.15) is 18.1 Å². The summed E-state index contributed by atoms with van der Waals surface area (Å²) in [5.41, 5.74) is 3.06. The summed E-state index contributed by atoms with van der Waals surface area (Å²) in [6.07, 6.45) is 0. The Kier molecular flexibility index (Phi) is 8.20. The highest BCUT2D eigenvalue weighted by atomic mass is 32.2. The third-order valence-corrected chi connectivity index (χ3v) is 5.03. The summed E-state index contributed by atoms with van der Waals surface area (Å²) in [4.78, 5) is 26.2. The molecule has 144 valence electrons. The Morgan fingerprint density at radius 3 is 2.56 bits per heavy atom. The number of ether oxygens (including phenoxy) is 1. The van der Waals surface area contributed by atoms with Gasteiger partial charge in [-0.1, -0.05) is 35.9 Å². The van der Waals surface area contributed by atoms with Gasteiger partial charge in [-0.2, -0.15) is 0 Å². The Labute approximate surface area is 165 Å². The zero-order valence-electron chi connectivity index (χ0n) is 16.0. The van der Waals surface area contributed by atoms with Gasteiger partial charge in [0.2, 0.25) is 11.8 Å². The lowest BCUT2D eigenvalue weighted by atomic mass is 10.2. The maximum absolute atomic E-state index is 12.4. The van der Waals surface area contributed by atoms with Crippen LogP contribution in [0, 0.1) is 6.92 Å². The fraction of sp³-hybridized carbons (Fsp3) is 0.333. The number of thioether (sulfide) groups is 1. The molecule has 0 fully saturated rings. The molecule has 0 saturated heterocycles. The summed E-state index contributed by atoms with van der Waals surface area (Å²) in [6, 6.07) is 15.4. The van der Waals surface area contributed by atoms with E-state index < -0.39 is 0 Å². The summed E-state index contributed by atoms with van der Waals surface area (Å²) in [5.74, 6) is 1.55. The lowest BCUT2D eigenvalue weighted by Crippen LogP contribution is -2.38. The van der Waals surface area contributed by atoms with Crippen molar-refractivity contribution in [2.24, 2.45) is 0 Å². The Morgan fingerprint density at radius 1 is 1.15 bits per heavy atom. The number of nitrogens with zero attached hydrogens (tertiary/aromatic N) is 1. The van der Waals surface area contributed by atoms with Gasteiger partial charge in [0.1, 0.15) is 5.75 Å². The Balaban J connectivity index is 1.80. The van der Waals surface area contributed by atoms with E-state index in [1.807, 2.05) is 13.0 Å². The summed E-state index contributed by atoms with van der Waals surface area (Å²) < 4.78 is 5.15. The standard InChI is InChI=1S/C21H26N2O3S/c1-4-23(13-20(24)22-18-6-5-7-19(12-18)26-3)21(25)15-27-14-17-10-8-16(2)9-11-17/h5-12H,4,13-15H2,1-3H3,(H,22,24). The van der Waals surface area contributed by atoms with Crippen molar-refractivity contribution < 1.29 is 14.3 Å². The maximum atomic E-state index is 12.4. The quantitative estimate of drug-likeness (QED) is 0.713. The molecule has 0 spiro atoms. The fourth-order valence-electron chi connectivity index (χ4n) is 2.48. The molecule has 0 aliphatic heterocycles. The number of hydrogen-bond donors (Lipinski definition) is 1. The van der Waals surface area contributed by atoms with Gasteiger partial charge in [-0.3, -0.25) is 9.59 Å². The number of carbonyl (C=O) groups excluding carboxylic acids is 2. The molecular weight excluding hydrogens is 360 g/mol. The lowest BCUT2D eigenvalue weighted by Gasteiger charge is -2.20. The average molecular weight is 387 g/mol. The van der Waals surface area contributed by atoms with Gasteiger partial charge in [-0.25, -0.2) is 0 Å². The van der Waals surface area contributed by atoms with Gasteiger partial charge >= 0.3 is 0 Å². The lowest BCUT2D eigenvalue weighted by molar-refractivity contribution is -0.132. The number of rotatable bonds is 9. The van der Waals surface area contributed by atoms with Crippen molar-refractivity contribution in [2.75, 3.05) is 31.3 Å². The minimum absolute atomic E-state index is 0.0320. The average Bonchev–Trinajstić information content (AvgIpc) is 2.67. The van der Waals surface area contributed by atoms with Crippen molar-refractivity contribution in [3.63, 3.8) is 0 Å². The van der Waals surface area contributed by atoms with E-state index in [-0.39, 0.29) is 18.4 Å². The summed E-state index contributed by atoms with van der Waals surface area (Å²) in [7, 11) is 1.58. The third kappa shape index (κ3) is 6.98. The first-order valence-corrected chi connectivity index (χ1v) is 10.0. The molecule has 0 aromatic heterocycles. The highest BCUT2D eigenvalue weighted by molar-refractivity contribution is 7.99. The summed E-state index contributed by atoms with van der Waals surface area (Å²) in [5, 5.41) is 2.80. The van der Waals surface area contributed by atoms with Crippen LogP contribution >= 0.6 is 11.8 Å². The van der Waals surface area contributed by atoms with E-state index in [0.29, 0.717) is 23.7 Å². The van der Waals surface area contributed by atoms with Gasteiger partial charge in [-0.05, 0) is 31.5 Å². The van der Waals surface area contributed by atoms with Crippen LogP contribution in [-0.2, 0) is 15.3 Å². The zero-order valence-corrected chi connectivity index (χ0v) is 16.8. The molecule has 0 radical (unpaired) electrons. The van der Waals surface area contributed by atoms with E-state index in [9.17, 15) is 9.59 Å². The van der Waals surface area contributed by atoms with Crippen LogP contribution in [0.2, 0.25) is 0 Å². The van der Waals surface area contributed by atoms with Crippen LogP contribution in [0.3, 0.4) is 0 Å². The molecule has 0 bridgehead atoms. The second-order valence-corrected chi connectivity index (χ2v) is 7.15. The van der Waals surface area contributed by atoms with Crippen molar-refractivity contribution in [3.8, 4) is 5.75 Å². The van der Waals surface area contributed by atoms with E-state index in [1.54, 1.807) is 42.0 Å². The number of nitrogens with one attached hydrogen (secondary N) is 1. The maximum Gasteiger partial charge on any atom is 0.243 e. The van der Waals surface area contributed by atoms with Crippen molar-refractivity contribution in [2.45, 2.75) is 19.6 Å². The van der Waals surface area contributed by atoms with Gasteiger partial charge < -0.3 is 15.0 Å². The molecule has 0 unspecified atom stereocenters. The number of benzene rings is 2. The number of aryl methyl sites for hydroxylation is 1. The first-order chi connectivity index (χ1) is 13.0. The van der Waals surface area contributed by atoms with E-state index in [4.69, 9.17) is 4.74 Å². The van der Waals surface area contributed by atoms with E-state index in [0.717, 1.165) is 5.75 Å². The largest absolute Gasteiger partial charge is 0.497 e. The predicted octanol–water partition coefficient (Wildman–Crippen LogP) is 3.72. The van der Waals surface area contributed by atoms with Gasteiger partial charge in [-0.15, -0.1) is 11.8 Å². The first kappa shape index (κ1) is 20.8. The molecule has 0 heterocycles. The number of methoxy groups -OCH3 is 1. The summed E-state index contributed by atoms with van der Waals surface area (Å²) >= 11 is 1.56. The van der Waals surface area contributed by atoms with Gasteiger partial charge in [0.15, 0.2) is 0 Å². The van der Waals surface area contributed by atoms with Crippen LogP contribution in [0.5, 0.6) is 5.75 Å². The second kappa shape index (κ2) is 10.6. The zero-order chi connectivity index (χ0) is 19.6. The predicted molar refractivity (Wildman–Crippen MR) is 111 cm³/mol. The van der Waals surface area contributed by atoms with Gasteiger partial charge in [0, 0.05) is 24.1 Å². The highest BCUT2D eigenvalue weighted by Gasteiger charge is 2.15. The van der Waals surface area contributed by atoms with Crippen LogP contribution in [0.15, 0.2) is 48.5 Å². The molecule has 6 heteroatoms. The molecule has 1 N–H and O–H groups in total. The number of anilines is 1. The van der Waals surface area contributed by atoms with Crippen LogP contribution in [0.4, 0.5) is 5.69 Å². The monoisotopic (exact) mass is 386 g/mol. The summed E-state index contributed by atoms with van der Waals surface area (Å²) in [6.45, 7) is 4.46. The van der Waals surface area contributed by atoms with Crippen molar-refractivity contribution in [1.82, 2.24) is 4.90 Å². The molecule has 2 amide bonds. The van der Waals surface area contributed by atoms with Crippen molar-refractivity contribution >= 4 is 29.3 Å². The Hall–Kier alpha value is -2.47. The first-order valence-electron chi connectivity index (χ1n) is 8.86. The molecule has 2 aromatic carbocycles. The van der Waals surface area contributed by atoms with Gasteiger partial charge in [0.05, 0.1) is 19.4 Å². The molecule has 2 rings (SSSR count). The normalized spacial score (nSPS) is 10.3. The number of likely N-dealkylation sites (N-methyl/N-ethyl adjacent to an activating group) is 1. The number of carbonyl (C=O) groups is 2. The minimum atomic E-state index is -0.220. The van der Waals surface area contributed by atoms with E-state index >= 15 is 0 Å². The van der Waals surface area contributed by atoms with E-state index in [1.165, 1.54) is 11.1 Å². The van der Waals surface area contributed by atoms with Crippen LogP contribution in [-0.4, -0.2) is 42.7 Å². The minimum Gasteiger partial charge on any atom is -0.497 e. The van der Waals surface area contributed by atoms with E-state index in [2.05, 4.69) is 36.5 Å². The number of hydrogen-bond acceptors (Lipinski definition) is 4. The molecule has 2 aromatic rings. The Morgan fingerprint density at radius 2 is 1.89 bits per heavy atom. The number of amides is 2. The van der Waals surface area contributed by atoms with Crippen LogP contribution in [0.25, 0.3) is 0 Å².